The van der Waals surface area contributed by atoms with Crippen molar-refractivity contribution in [3.8, 4) is 11.4 Å². The summed E-state index contributed by atoms with van der Waals surface area (Å²) in [5, 5.41) is 0. The minimum absolute atomic E-state index is 0.860. The van der Waals surface area contributed by atoms with Crippen molar-refractivity contribution in [2.45, 2.75) is 38.5 Å². The molecular formula is C20H26N4. The van der Waals surface area contributed by atoms with Gasteiger partial charge in [0.15, 0.2) is 5.82 Å². The van der Waals surface area contributed by atoms with E-state index in [0.717, 1.165) is 49.2 Å². The van der Waals surface area contributed by atoms with Crippen LogP contribution in [0.2, 0.25) is 0 Å². The van der Waals surface area contributed by atoms with Crippen molar-refractivity contribution in [3.63, 3.8) is 0 Å². The van der Waals surface area contributed by atoms with E-state index in [1.807, 2.05) is 6.07 Å². The van der Waals surface area contributed by atoms with Crippen LogP contribution in [0, 0.1) is 0 Å². The van der Waals surface area contributed by atoms with Crippen LogP contribution in [0.15, 0.2) is 36.4 Å². The Kier molecular flexibility index (Phi) is 4.63. The summed E-state index contributed by atoms with van der Waals surface area (Å²) < 4.78 is 0. The van der Waals surface area contributed by atoms with Crippen LogP contribution < -0.4 is 9.80 Å². The summed E-state index contributed by atoms with van der Waals surface area (Å²) in [6.45, 7) is 4.46. The second kappa shape index (κ2) is 7.20. The van der Waals surface area contributed by atoms with Gasteiger partial charge in [-0.3, -0.25) is 0 Å². The van der Waals surface area contributed by atoms with E-state index >= 15 is 0 Å². The summed E-state index contributed by atoms with van der Waals surface area (Å²) in [5.74, 6) is 3.06. The predicted molar refractivity (Wildman–Crippen MR) is 99.6 cm³/mol. The minimum atomic E-state index is 0.860. The van der Waals surface area contributed by atoms with Gasteiger partial charge in [-0.1, -0.05) is 30.3 Å². The number of anilines is 2. The van der Waals surface area contributed by atoms with Crippen LogP contribution in [0.25, 0.3) is 11.4 Å². The fraction of sp³-hybridized carbons (Fsp3) is 0.500. The predicted octanol–water partition coefficient (Wildman–Crippen LogP) is 4.12. The standard InChI is InChI=1S/C20H26N4/c1-4-10-17(11-5-1)20-21-18(23-12-6-2-7-13-23)16-19(22-20)24-14-8-3-9-15-24/h1,4-5,10-11,16H,2-3,6-9,12-15H2. The average Bonchev–Trinajstić information content (AvgIpc) is 2.70. The molecule has 0 amide bonds. The molecule has 2 fully saturated rings. The Labute approximate surface area is 144 Å². The molecule has 0 spiro atoms. The fourth-order valence-electron chi connectivity index (χ4n) is 3.71. The summed E-state index contributed by atoms with van der Waals surface area (Å²) >= 11 is 0. The highest BCUT2D eigenvalue weighted by Crippen LogP contribution is 2.27. The number of benzene rings is 1. The molecule has 3 heterocycles. The maximum Gasteiger partial charge on any atom is 0.163 e. The molecule has 2 saturated heterocycles. The second-order valence-electron chi connectivity index (χ2n) is 6.87. The lowest BCUT2D eigenvalue weighted by atomic mass is 10.1. The molecule has 4 rings (SSSR count). The first-order chi connectivity index (χ1) is 11.9. The molecule has 0 radical (unpaired) electrons. The molecule has 1 aromatic heterocycles. The highest BCUT2D eigenvalue weighted by Gasteiger charge is 2.19. The lowest BCUT2D eigenvalue weighted by Gasteiger charge is -2.31. The van der Waals surface area contributed by atoms with Crippen LogP contribution in [0.4, 0.5) is 11.6 Å². The van der Waals surface area contributed by atoms with Gasteiger partial charge in [-0.2, -0.15) is 0 Å². The van der Waals surface area contributed by atoms with Crippen molar-refractivity contribution in [3.05, 3.63) is 36.4 Å². The van der Waals surface area contributed by atoms with E-state index in [1.54, 1.807) is 0 Å². The molecule has 4 nitrogen and oxygen atoms in total. The van der Waals surface area contributed by atoms with Crippen molar-refractivity contribution in [1.29, 1.82) is 0 Å². The number of aromatic nitrogens is 2. The van der Waals surface area contributed by atoms with Gasteiger partial charge < -0.3 is 9.80 Å². The Balaban J connectivity index is 1.72. The molecule has 2 aromatic rings. The van der Waals surface area contributed by atoms with Crippen molar-refractivity contribution in [2.24, 2.45) is 0 Å². The van der Waals surface area contributed by atoms with Crippen LogP contribution in [0.1, 0.15) is 38.5 Å². The largest absolute Gasteiger partial charge is 0.356 e. The Hall–Kier alpha value is -2.10. The third-order valence-corrected chi connectivity index (χ3v) is 5.09. The van der Waals surface area contributed by atoms with Gasteiger partial charge in [0.05, 0.1) is 0 Å². The Morgan fingerprint density at radius 3 is 1.62 bits per heavy atom. The Morgan fingerprint density at radius 1 is 0.625 bits per heavy atom. The summed E-state index contributed by atoms with van der Waals surface area (Å²) in [5.41, 5.74) is 1.11. The molecule has 4 heteroatoms. The zero-order valence-corrected chi connectivity index (χ0v) is 14.3. The van der Waals surface area contributed by atoms with E-state index in [4.69, 9.17) is 9.97 Å². The van der Waals surface area contributed by atoms with E-state index in [2.05, 4.69) is 40.1 Å². The smallest absolute Gasteiger partial charge is 0.163 e. The third-order valence-electron chi connectivity index (χ3n) is 5.09. The molecule has 1 aromatic carbocycles. The van der Waals surface area contributed by atoms with Crippen LogP contribution in [0.5, 0.6) is 0 Å². The molecule has 0 unspecified atom stereocenters. The lowest BCUT2D eigenvalue weighted by Crippen LogP contribution is -2.33. The molecule has 0 atom stereocenters. The van der Waals surface area contributed by atoms with E-state index in [9.17, 15) is 0 Å². The normalized spacial score (nSPS) is 18.7. The maximum absolute atomic E-state index is 4.91. The molecule has 0 bridgehead atoms. The van der Waals surface area contributed by atoms with Crippen molar-refractivity contribution >= 4 is 11.6 Å². The fourth-order valence-corrected chi connectivity index (χ4v) is 3.71. The van der Waals surface area contributed by atoms with Gasteiger partial charge in [0.2, 0.25) is 0 Å². The third kappa shape index (κ3) is 3.37. The zero-order valence-electron chi connectivity index (χ0n) is 14.3. The van der Waals surface area contributed by atoms with Crippen LogP contribution in [-0.4, -0.2) is 36.1 Å². The summed E-state index contributed by atoms with van der Waals surface area (Å²) in [4.78, 5) is 14.7. The maximum atomic E-state index is 4.91. The highest BCUT2D eigenvalue weighted by molar-refractivity contribution is 5.62. The Bertz CT molecular complexity index is 622. The van der Waals surface area contributed by atoms with Gasteiger partial charge in [0.1, 0.15) is 11.6 Å². The van der Waals surface area contributed by atoms with Gasteiger partial charge >= 0.3 is 0 Å². The molecule has 0 aliphatic carbocycles. The average molecular weight is 322 g/mol. The van der Waals surface area contributed by atoms with Crippen LogP contribution in [0.3, 0.4) is 0 Å². The number of hydrogen-bond donors (Lipinski definition) is 0. The number of nitrogens with zero attached hydrogens (tertiary/aromatic N) is 4. The second-order valence-corrected chi connectivity index (χ2v) is 6.87. The number of piperidine rings is 2. The topological polar surface area (TPSA) is 32.3 Å². The van der Waals surface area contributed by atoms with Gasteiger partial charge in [0.25, 0.3) is 0 Å². The molecule has 24 heavy (non-hydrogen) atoms. The zero-order chi connectivity index (χ0) is 16.2. The lowest BCUT2D eigenvalue weighted by molar-refractivity contribution is 0.567. The van der Waals surface area contributed by atoms with E-state index in [-0.39, 0.29) is 0 Å². The molecule has 126 valence electrons. The molecule has 2 aliphatic rings. The van der Waals surface area contributed by atoms with Crippen LogP contribution >= 0.6 is 0 Å². The van der Waals surface area contributed by atoms with Gasteiger partial charge in [0, 0.05) is 37.8 Å². The van der Waals surface area contributed by atoms with E-state index in [1.165, 1.54) is 38.5 Å². The van der Waals surface area contributed by atoms with Crippen molar-refractivity contribution < 1.29 is 0 Å². The van der Waals surface area contributed by atoms with Crippen molar-refractivity contribution in [1.82, 2.24) is 9.97 Å². The summed E-state index contributed by atoms with van der Waals surface area (Å²) in [6.07, 6.45) is 7.75. The molecule has 0 saturated carbocycles. The van der Waals surface area contributed by atoms with Crippen LogP contribution in [-0.2, 0) is 0 Å². The van der Waals surface area contributed by atoms with E-state index in [0.29, 0.717) is 0 Å². The number of hydrogen-bond acceptors (Lipinski definition) is 4. The highest BCUT2D eigenvalue weighted by atomic mass is 15.2. The molecule has 2 aliphatic heterocycles. The van der Waals surface area contributed by atoms with Gasteiger partial charge in [-0.25, -0.2) is 9.97 Å². The first kappa shape index (κ1) is 15.4. The Morgan fingerprint density at radius 2 is 1.12 bits per heavy atom. The SMILES string of the molecule is c1ccc(-c2nc(N3CCCCC3)cc(N3CCCCC3)n2)cc1. The molecular weight excluding hydrogens is 296 g/mol. The van der Waals surface area contributed by atoms with Crippen molar-refractivity contribution in [2.75, 3.05) is 36.0 Å². The summed E-state index contributed by atoms with van der Waals surface area (Å²) in [6, 6.07) is 12.6. The number of rotatable bonds is 3. The first-order valence-electron chi connectivity index (χ1n) is 9.34. The summed E-state index contributed by atoms with van der Waals surface area (Å²) in [7, 11) is 0. The monoisotopic (exact) mass is 322 g/mol. The van der Waals surface area contributed by atoms with Gasteiger partial charge in [-0.15, -0.1) is 0 Å². The quantitative estimate of drug-likeness (QED) is 0.851. The minimum Gasteiger partial charge on any atom is -0.356 e. The van der Waals surface area contributed by atoms with Gasteiger partial charge in [-0.05, 0) is 38.5 Å². The first-order valence-corrected chi connectivity index (χ1v) is 9.34. The van der Waals surface area contributed by atoms with E-state index < -0.39 is 0 Å². The molecule has 0 N–H and O–H groups in total.